The van der Waals surface area contributed by atoms with E-state index in [-0.39, 0.29) is 11.3 Å². The van der Waals surface area contributed by atoms with E-state index in [1.807, 2.05) is 6.07 Å². The molecular weight excluding hydrogens is 214 g/mol. The number of rotatable bonds is 3. The lowest BCUT2D eigenvalue weighted by molar-refractivity contribution is 0.607. The van der Waals surface area contributed by atoms with Gasteiger partial charge in [-0.15, -0.1) is 0 Å². The van der Waals surface area contributed by atoms with Crippen LogP contribution in [-0.4, -0.2) is 18.2 Å². The molecule has 13 heavy (non-hydrogen) atoms. The van der Waals surface area contributed by atoms with Crippen LogP contribution in [0, 0.1) is 11.3 Å². The summed E-state index contributed by atoms with van der Waals surface area (Å²) >= 11 is 0. The average Bonchev–Trinajstić information content (AvgIpc) is 2.47. The Balaban J connectivity index is 2.83. The third-order valence-corrected chi connectivity index (χ3v) is 2.65. The molecule has 1 aromatic heterocycles. The molecule has 0 spiro atoms. The van der Waals surface area contributed by atoms with E-state index >= 15 is 0 Å². The van der Waals surface area contributed by atoms with Crippen LogP contribution >= 0.6 is 10.7 Å². The maximum Gasteiger partial charge on any atom is 0.264 e. The zero-order chi connectivity index (χ0) is 9.90. The minimum atomic E-state index is -3.70. The van der Waals surface area contributed by atoms with Gasteiger partial charge < -0.3 is 0 Å². The fourth-order valence-corrected chi connectivity index (χ4v) is 1.42. The van der Waals surface area contributed by atoms with Crippen molar-refractivity contribution in [3.63, 3.8) is 0 Å². The molecule has 1 aromatic rings. The van der Waals surface area contributed by atoms with Crippen molar-refractivity contribution in [2.75, 3.05) is 0 Å². The normalized spacial score (nSPS) is 11.1. The Kier molecular flexibility index (Phi) is 2.90. The lowest BCUT2D eigenvalue weighted by Crippen LogP contribution is -1.96. The van der Waals surface area contributed by atoms with Crippen LogP contribution in [0.3, 0.4) is 0 Å². The first kappa shape index (κ1) is 10.0. The second-order valence-electron chi connectivity index (χ2n) is 2.29. The van der Waals surface area contributed by atoms with E-state index in [9.17, 15) is 8.42 Å². The molecule has 7 heteroatoms. The molecule has 0 atom stereocenters. The summed E-state index contributed by atoms with van der Waals surface area (Å²) in [7, 11) is 1.36. The largest absolute Gasteiger partial charge is 0.270 e. The SMILES string of the molecule is N#CCCn1cc(S(=O)(=O)Cl)cn1. The summed E-state index contributed by atoms with van der Waals surface area (Å²) in [5, 5.41) is 12.0. The quantitative estimate of drug-likeness (QED) is 0.702. The van der Waals surface area contributed by atoms with Crippen molar-refractivity contribution in [3.8, 4) is 6.07 Å². The van der Waals surface area contributed by atoms with Crippen LogP contribution in [-0.2, 0) is 15.6 Å². The van der Waals surface area contributed by atoms with Gasteiger partial charge in [0, 0.05) is 16.9 Å². The van der Waals surface area contributed by atoms with Gasteiger partial charge in [0.05, 0.1) is 25.2 Å². The van der Waals surface area contributed by atoms with E-state index in [2.05, 4.69) is 5.10 Å². The Morgan fingerprint density at radius 1 is 1.69 bits per heavy atom. The highest BCUT2D eigenvalue weighted by Crippen LogP contribution is 2.12. The van der Waals surface area contributed by atoms with E-state index in [4.69, 9.17) is 15.9 Å². The van der Waals surface area contributed by atoms with Crippen LogP contribution in [0.4, 0.5) is 0 Å². The number of hydrogen-bond acceptors (Lipinski definition) is 4. The van der Waals surface area contributed by atoms with E-state index in [0.29, 0.717) is 6.54 Å². The molecular formula is C6H6ClN3O2S. The van der Waals surface area contributed by atoms with Crippen LogP contribution in [0.15, 0.2) is 17.3 Å². The monoisotopic (exact) mass is 219 g/mol. The highest BCUT2D eigenvalue weighted by Gasteiger charge is 2.11. The molecule has 0 aliphatic carbocycles. The topological polar surface area (TPSA) is 75.8 Å². The molecule has 0 unspecified atom stereocenters. The molecule has 0 aliphatic rings. The van der Waals surface area contributed by atoms with E-state index in [0.717, 1.165) is 6.20 Å². The van der Waals surface area contributed by atoms with Gasteiger partial charge in [-0.25, -0.2) is 8.42 Å². The summed E-state index contributed by atoms with van der Waals surface area (Å²) in [6.07, 6.45) is 2.73. The lowest BCUT2D eigenvalue weighted by atomic mass is 10.5. The van der Waals surface area contributed by atoms with Gasteiger partial charge >= 0.3 is 0 Å². The Morgan fingerprint density at radius 2 is 2.38 bits per heavy atom. The third kappa shape index (κ3) is 2.72. The van der Waals surface area contributed by atoms with Crippen LogP contribution < -0.4 is 0 Å². The number of nitriles is 1. The smallest absolute Gasteiger partial charge is 0.264 e. The van der Waals surface area contributed by atoms with Gasteiger partial charge in [-0.05, 0) is 0 Å². The maximum absolute atomic E-state index is 10.8. The molecule has 0 radical (unpaired) electrons. The number of aryl methyl sites for hydroxylation is 1. The number of hydrogen-bond donors (Lipinski definition) is 0. The molecule has 0 saturated heterocycles. The van der Waals surface area contributed by atoms with Crippen molar-refractivity contribution in [1.82, 2.24) is 9.78 Å². The first-order chi connectivity index (χ1) is 6.04. The van der Waals surface area contributed by atoms with Gasteiger partial charge in [0.15, 0.2) is 0 Å². The van der Waals surface area contributed by atoms with Crippen molar-refractivity contribution in [3.05, 3.63) is 12.4 Å². The molecule has 0 aromatic carbocycles. The zero-order valence-corrected chi connectivity index (χ0v) is 8.09. The molecule has 5 nitrogen and oxygen atoms in total. The van der Waals surface area contributed by atoms with Crippen molar-refractivity contribution in [2.45, 2.75) is 17.9 Å². The molecule has 0 amide bonds. The predicted molar refractivity (Wildman–Crippen MR) is 45.5 cm³/mol. The van der Waals surface area contributed by atoms with Gasteiger partial charge in [0.1, 0.15) is 4.90 Å². The van der Waals surface area contributed by atoms with Crippen LogP contribution in [0.25, 0.3) is 0 Å². The molecule has 0 bridgehead atoms. The Labute approximate surface area is 80.0 Å². The summed E-state index contributed by atoms with van der Waals surface area (Å²) < 4.78 is 22.9. The number of aromatic nitrogens is 2. The van der Waals surface area contributed by atoms with Crippen LogP contribution in [0.2, 0.25) is 0 Å². The summed E-state index contributed by atoms with van der Waals surface area (Å²) in [6.45, 7) is 0.364. The fraction of sp³-hybridized carbons (Fsp3) is 0.333. The first-order valence-electron chi connectivity index (χ1n) is 3.38. The standard InChI is InChI=1S/C6H6ClN3O2S/c7-13(11,12)6-4-9-10(5-6)3-1-2-8/h4-5H,1,3H2. The van der Waals surface area contributed by atoms with Gasteiger partial charge in [-0.2, -0.15) is 10.4 Å². The zero-order valence-electron chi connectivity index (χ0n) is 6.51. The van der Waals surface area contributed by atoms with Crippen molar-refractivity contribution < 1.29 is 8.42 Å². The minimum Gasteiger partial charge on any atom is -0.270 e. The number of nitrogens with zero attached hydrogens (tertiary/aromatic N) is 3. The summed E-state index contributed by atoms with van der Waals surface area (Å²) in [5.41, 5.74) is 0. The highest BCUT2D eigenvalue weighted by atomic mass is 35.7. The Morgan fingerprint density at radius 3 is 2.85 bits per heavy atom. The molecule has 0 aliphatic heterocycles. The first-order valence-corrected chi connectivity index (χ1v) is 5.69. The second kappa shape index (κ2) is 3.77. The van der Waals surface area contributed by atoms with Gasteiger partial charge in [0.2, 0.25) is 0 Å². The van der Waals surface area contributed by atoms with E-state index in [1.54, 1.807) is 0 Å². The van der Waals surface area contributed by atoms with Crippen LogP contribution in [0.5, 0.6) is 0 Å². The molecule has 0 N–H and O–H groups in total. The van der Waals surface area contributed by atoms with E-state index < -0.39 is 9.05 Å². The maximum atomic E-state index is 10.8. The Hall–Kier alpha value is -1.06. The average molecular weight is 220 g/mol. The lowest BCUT2D eigenvalue weighted by Gasteiger charge is -1.92. The third-order valence-electron chi connectivity index (χ3n) is 1.34. The summed E-state index contributed by atoms with van der Waals surface area (Å²) in [4.78, 5) is -0.0490. The van der Waals surface area contributed by atoms with Crippen LogP contribution in [0.1, 0.15) is 6.42 Å². The van der Waals surface area contributed by atoms with E-state index in [1.165, 1.54) is 10.9 Å². The van der Waals surface area contributed by atoms with Crippen molar-refractivity contribution in [1.29, 1.82) is 5.26 Å². The summed E-state index contributed by atoms with van der Waals surface area (Å²) in [5.74, 6) is 0. The fourth-order valence-electron chi connectivity index (χ4n) is 0.757. The predicted octanol–water partition coefficient (Wildman–Crippen LogP) is 0.724. The van der Waals surface area contributed by atoms with Crippen molar-refractivity contribution in [2.24, 2.45) is 0 Å². The molecule has 1 heterocycles. The molecule has 1 rings (SSSR count). The number of halogens is 1. The Bertz CT molecular complexity index is 431. The molecule has 0 fully saturated rings. The van der Waals surface area contributed by atoms with Gasteiger partial charge in [-0.1, -0.05) is 0 Å². The van der Waals surface area contributed by atoms with Gasteiger partial charge in [-0.3, -0.25) is 4.68 Å². The van der Waals surface area contributed by atoms with Crippen molar-refractivity contribution >= 4 is 19.7 Å². The highest BCUT2D eigenvalue weighted by molar-refractivity contribution is 8.13. The molecule has 70 valence electrons. The molecule has 0 saturated carbocycles. The second-order valence-corrected chi connectivity index (χ2v) is 4.85. The van der Waals surface area contributed by atoms with Gasteiger partial charge in [0.25, 0.3) is 9.05 Å². The minimum absolute atomic E-state index is 0.0490. The summed E-state index contributed by atoms with van der Waals surface area (Å²) in [6, 6.07) is 1.92.